The summed E-state index contributed by atoms with van der Waals surface area (Å²) in [6, 6.07) is 16.4. The number of methoxy groups -OCH3 is 1. The van der Waals surface area contributed by atoms with Crippen LogP contribution in [0.25, 0.3) is 5.70 Å². The molecule has 0 spiro atoms. The lowest BCUT2D eigenvalue weighted by atomic mass is 10.0. The Labute approximate surface area is 141 Å². The molecule has 0 aromatic heterocycles. The van der Waals surface area contributed by atoms with Crippen molar-refractivity contribution in [1.29, 1.82) is 0 Å². The highest BCUT2D eigenvalue weighted by molar-refractivity contribution is 6.07. The van der Waals surface area contributed by atoms with Crippen LogP contribution in [0.1, 0.15) is 28.4 Å². The molecule has 2 aromatic carbocycles. The Balaban J connectivity index is 2.37. The van der Waals surface area contributed by atoms with Gasteiger partial charge in [-0.25, -0.2) is 9.80 Å². The van der Waals surface area contributed by atoms with Gasteiger partial charge in [0.25, 0.3) is 0 Å². The van der Waals surface area contributed by atoms with Crippen LogP contribution in [0.5, 0.6) is 0 Å². The minimum absolute atomic E-state index is 0.209. The predicted molar refractivity (Wildman–Crippen MR) is 94.8 cm³/mol. The number of rotatable bonds is 7. The van der Waals surface area contributed by atoms with E-state index in [4.69, 9.17) is 4.74 Å². The number of carboxylic acids is 1. The lowest BCUT2D eigenvalue weighted by Crippen LogP contribution is -2.20. The van der Waals surface area contributed by atoms with Gasteiger partial charge in [-0.2, -0.15) is 5.10 Å². The number of carbonyl (C=O) groups is 1. The Hall–Kier alpha value is -2.92. The van der Waals surface area contributed by atoms with Crippen molar-refractivity contribution >= 4 is 17.4 Å². The number of aromatic carboxylic acids is 1. The summed E-state index contributed by atoms with van der Waals surface area (Å²) in [7, 11) is 1.57. The van der Waals surface area contributed by atoms with Crippen LogP contribution in [-0.4, -0.2) is 35.6 Å². The van der Waals surface area contributed by atoms with Gasteiger partial charge < -0.3 is 9.84 Å². The first kappa shape index (κ1) is 17.4. The van der Waals surface area contributed by atoms with E-state index in [2.05, 4.69) is 11.7 Å². The zero-order valence-electron chi connectivity index (χ0n) is 13.8. The summed E-state index contributed by atoms with van der Waals surface area (Å²) in [5, 5.41) is 15.5. The number of carboxylic acid groups (broad SMARTS) is 1. The molecular formula is C19H20N2O3. The molecule has 0 heterocycles. The average molecular weight is 324 g/mol. The molecule has 0 aliphatic heterocycles. The van der Waals surface area contributed by atoms with Gasteiger partial charge in [0.15, 0.2) is 0 Å². The maximum absolute atomic E-state index is 11.4. The summed E-state index contributed by atoms with van der Waals surface area (Å²) in [5.74, 6) is -0.986. The van der Waals surface area contributed by atoms with E-state index in [1.165, 1.54) is 0 Å². The molecule has 0 aliphatic rings. The minimum Gasteiger partial charge on any atom is -0.478 e. The molecule has 0 unspecified atom stereocenters. The van der Waals surface area contributed by atoms with Crippen LogP contribution < -0.4 is 0 Å². The zero-order chi connectivity index (χ0) is 17.5. The largest absolute Gasteiger partial charge is 0.478 e. The average Bonchev–Trinajstić information content (AvgIpc) is 2.61. The summed E-state index contributed by atoms with van der Waals surface area (Å²) >= 11 is 0. The molecule has 2 aromatic rings. The van der Waals surface area contributed by atoms with Gasteiger partial charge in [0.1, 0.15) is 6.73 Å². The lowest BCUT2D eigenvalue weighted by molar-refractivity contribution is 0.0696. The van der Waals surface area contributed by atoms with Crippen LogP contribution in [0.15, 0.2) is 66.3 Å². The van der Waals surface area contributed by atoms with Crippen LogP contribution in [0.2, 0.25) is 0 Å². The molecule has 0 saturated heterocycles. The van der Waals surface area contributed by atoms with E-state index < -0.39 is 5.97 Å². The topological polar surface area (TPSA) is 62.1 Å². The summed E-state index contributed by atoms with van der Waals surface area (Å²) in [6.45, 7) is 6.05. The molecule has 0 saturated carbocycles. The van der Waals surface area contributed by atoms with E-state index in [0.717, 1.165) is 5.56 Å². The van der Waals surface area contributed by atoms with Gasteiger partial charge in [0.05, 0.1) is 17.0 Å². The van der Waals surface area contributed by atoms with Crippen molar-refractivity contribution in [2.45, 2.75) is 6.92 Å². The van der Waals surface area contributed by atoms with Crippen LogP contribution in [0.3, 0.4) is 0 Å². The summed E-state index contributed by atoms with van der Waals surface area (Å²) in [4.78, 5) is 11.4. The summed E-state index contributed by atoms with van der Waals surface area (Å²) in [5.41, 5.74) is 2.93. The van der Waals surface area contributed by atoms with Gasteiger partial charge in [0, 0.05) is 12.7 Å². The molecule has 0 fully saturated rings. The second kappa shape index (κ2) is 8.08. The Morgan fingerprint density at radius 1 is 1.12 bits per heavy atom. The number of hydrogen-bond donors (Lipinski definition) is 1. The Morgan fingerprint density at radius 3 is 2.29 bits per heavy atom. The number of benzene rings is 2. The molecule has 24 heavy (non-hydrogen) atoms. The van der Waals surface area contributed by atoms with E-state index >= 15 is 0 Å². The van der Waals surface area contributed by atoms with Crippen LogP contribution in [0, 0.1) is 0 Å². The molecule has 1 N–H and O–H groups in total. The van der Waals surface area contributed by atoms with Crippen molar-refractivity contribution in [1.82, 2.24) is 5.01 Å². The molecule has 124 valence electrons. The highest BCUT2D eigenvalue weighted by Gasteiger charge is 2.14. The van der Waals surface area contributed by atoms with Gasteiger partial charge in [-0.1, -0.05) is 55.1 Å². The molecule has 5 heteroatoms. The van der Waals surface area contributed by atoms with Gasteiger partial charge in [-0.3, -0.25) is 0 Å². The molecular weight excluding hydrogens is 304 g/mol. The van der Waals surface area contributed by atoms with Crippen LogP contribution in [0.4, 0.5) is 0 Å². The highest BCUT2D eigenvalue weighted by Crippen LogP contribution is 2.19. The van der Waals surface area contributed by atoms with E-state index in [0.29, 0.717) is 17.0 Å². The normalized spacial score (nSPS) is 11.2. The van der Waals surface area contributed by atoms with E-state index in [-0.39, 0.29) is 12.3 Å². The highest BCUT2D eigenvalue weighted by atomic mass is 16.5. The van der Waals surface area contributed by atoms with Crippen molar-refractivity contribution in [2.24, 2.45) is 5.10 Å². The molecule has 0 aliphatic carbocycles. The number of hydrazone groups is 1. The first-order valence-corrected chi connectivity index (χ1v) is 7.43. The fraction of sp³-hybridized carbons (Fsp3) is 0.158. The van der Waals surface area contributed by atoms with Crippen LogP contribution in [-0.2, 0) is 4.74 Å². The standard InChI is InChI=1S/C19H20N2O3/c1-14(17-11-7-8-12-18(17)19(22)23)20-21(13-24-3)15(2)16-9-5-4-6-10-16/h4-12H,2,13H2,1,3H3,(H,22,23)/b20-14+. The first-order chi connectivity index (χ1) is 11.5. The van der Waals surface area contributed by atoms with Crippen molar-refractivity contribution in [2.75, 3.05) is 13.8 Å². The third-order valence-corrected chi connectivity index (χ3v) is 3.49. The van der Waals surface area contributed by atoms with E-state index in [1.54, 1.807) is 43.3 Å². The smallest absolute Gasteiger partial charge is 0.336 e. The van der Waals surface area contributed by atoms with Crippen molar-refractivity contribution in [3.8, 4) is 0 Å². The van der Waals surface area contributed by atoms with Crippen molar-refractivity contribution in [3.63, 3.8) is 0 Å². The summed E-state index contributed by atoms with van der Waals surface area (Å²) in [6.07, 6.45) is 0. The second-order valence-corrected chi connectivity index (χ2v) is 5.17. The van der Waals surface area contributed by atoms with E-state index in [1.807, 2.05) is 30.3 Å². The predicted octanol–water partition coefficient (Wildman–Crippen LogP) is 3.69. The van der Waals surface area contributed by atoms with Crippen LogP contribution >= 0.6 is 0 Å². The SMILES string of the molecule is C=C(c1ccccc1)N(COC)/N=C(\C)c1ccccc1C(=O)O. The fourth-order valence-electron chi connectivity index (χ4n) is 2.29. The minimum atomic E-state index is -0.986. The quantitative estimate of drug-likeness (QED) is 0.479. The third kappa shape index (κ3) is 4.08. The Kier molecular flexibility index (Phi) is 5.87. The number of nitrogens with zero attached hydrogens (tertiary/aromatic N) is 2. The van der Waals surface area contributed by atoms with E-state index in [9.17, 15) is 9.90 Å². The third-order valence-electron chi connectivity index (χ3n) is 3.49. The number of ether oxygens (including phenoxy) is 1. The molecule has 5 nitrogen and oxygen atoms in total. The Morgan fingerprint density at radius 2 is 1.71 bits per heavy atom. The van der Waals surface area contributed by atoms with Gasteiger partial charge >= 0.3 is 5.97 Å². The summed E-state index contributed by atoms with van der Waals surface area (Å²) < 4.78 is 5.20. The monoisotopic (exact) mass is 324 g/mol. The van der Waals surface area contributed by atoms with Gasteiger partial charge in [0.2, 0.25) is 0 Å². The molecule has 2 rings (SSSR count). The van der Waals surface area contributed by atoms with Crippen molar-refractivity contribution in [3.05, 3.63) is 77.9 Å². The maximum Gasteiger partial charge on any atom is 0.336 e. The molecule has 0 bridgehead atoms. The zero-order valence-corrected chi connectivity index (χ0v) is 13.8. The maximum atomic E-state index is 11.4. The van der Waals surface area contributed by atoms with Gasteiger partial charge in [-0.05, 0) is 18.6 Å². The van der Waals surface area contributed by atoms with Gasteiger partial charge in [-0.15, -0.1) is 0 Å². The fourth-order valence-corrected chi connectivity index (χ4v) is 2.29. The molecule has 0 radical (unpaired) electrons. The Bertz CT molecular complexity index is 754. The first-order valence-electron chi connectivity index (χ1n) is 7.43. The van der Waals surface area contributed by atoms with Crippen molar-refractivity contribution < 1.29 is 14.6 Å². The molecule has 0 amide bonds. The lowest BCUT2D eigenvalue weighted by Gasteiger charge is -2.22. The molecule has 0 atom stereocenters. The number of hydrogen-bond acceptors (Lipinski definition) is 4. The second-order valence-electron chi connectivity index (χ2n) is 5.17.